The lowest BCUT2D eigenvalue weighted by molar-refractivity contribution is -0.124. The van der Waals surface area contributed by atoms with Gasteiger partial charge in [-0.2, -0.15) is 0 Å². The third-order valence-corrected chi connectivity index (χ3v) is 5.78. The van der Waals surface area contributed by atoms with E-state index in [2.05, 4.69) is 10.3 Å². The van der Waals surface area contributed by atoms with Gasteiger partial charge in [-0.25, -0.2) is 14.2 Å². The van der Waals surface area contributed by atoms with Gasteiger partial charge < -0.3 is 19.5 Å². The number of benzene rings is 2. The standard InChI is InChI=1S/C23H23FN2O5S/c1-14-21(32-22(26-14)16-5-7-17(24)8-6-16)23(28)31-13-20(27)25-11-10-15-4-9-18(29-2)19(12-15)30-3/h4-9,12H,10-11,13H2,1-3H3,(H,25,27). The molecule has 0 radical (unpaired) electrons. The largest absolute Gasteiger partial charge is 0.493 e. The fourth-order valence-corrected chi connectivity index (χ4v) is 3.90. The number of aromatic nitrogens is 1. The van der Waals surface area contributed by atoms with E-state index < -0.39 is 18.5 Å². The highest BCUT2D eigenvalue weighted by Gasteiger charge is 2.18. The Morgan fingerprint density at radius 1 is 1.06 bits per heavy atom. The van der Waals surface area contributed by atoms with E-state index in [-0.39, 0.29) is 5.82 Å². The summed E-state index contributed by atoms with van der Waals surface area (Å²) in [6.45, 7) is 1.66. The van der Waals surface area contributed by atoms with Crippen LogP contribution in [-0.2, 0) is 16.0 Å². The van der Waals surface area contributed by atoms with E-state index in [1.54, 1.807) is 39.3 Å². The number of hydrogen-bond acceptors (Lipinski definition) is 7. The average Bonchev–Trinajstić information content (AvgIpc) is 3.19. The Labute approximate surface area is 189 Å². The predicted molar refractivity (Wildman–Crippen MR) is 119 cm³/mol. The van der Waals surface area contributed by atoms with Gasteiger partial charge in [0.05, 0.1) is 19.9 Å². The van der Waals surface area contributed by atoms with Crippen molar-refractivity contribution in [1.29, 1.82) is 0 Å². The molecule has 3 aromatic rings. The van der Waals surface area contributed by atoms with E-state index in [0.29, 0.717) is 45.6 Å². The first-order chi connectivity index (χ1) is 15.4. The van der Waals surface area contributed by atoms with Crippen LogP contribution in [0, 0.1) is 12.7 Å². The van der Waals surface area contributed by atoms with E-state index in [0.717, 1.165) is 16.9 Å². The van der Waals surface area contributed by atoms with E-state index in [9.17, 15) is 14.0 Å². The first-order valence-electron chi connectivity index (χ1n) is 9.79. The minimum atomic E-state index is -0.622. The van der Waals surface area contributed by atoms with Gasteiger partial charge in [-0.05, 0) is 55.3 Å². The maximum absolute atomic E-state index is 13.1. The predicted octanol–water partition coefficient (Wildman–Crippen LogP) is 3.79. The molecule has 0 atom stereocenters. The second kappa shape index (κ2) is 10.7. The highest BCUT2D eigenvalue weighted by Crippen LogP contribution is 2.29. The second-order valence-corrected chi connectivity index (χ2v) is 7.80. The molecule has 0 bridgehead atoms. The van der Waals surface area contributed by atoms with Crippen molar-refractivity contribution in [3.63, 3.8) is 0 Å². The summed E-state index contributed by atoms with van der Waals surface area (Å²) in [5, 5.41) is 3.30. The molecule has 0 unspecified atom stereocenters. The highest BCUT2D eigenvalue weighted by molar-refractivity contribution is 7.17. The van der Waals surface area contributed by atoms with E-state index in [4.69, 9.17) is 14.2 Å². The zero-order valence-corrected chi connectivity index (χ0v) is 18.8. The number of nitrogens with one attached hydrogen (secondary N) is 1. The maximum Gasteiger partial charge on any atom is 0.350 e. The number of amides is 1. The number of thiazole rings is 1. The quantitative estimate of drug-likeness (QED) is 0.491. The van der Waals surface area contributed by atoms with Gasteiger partial charge in [-0.1, -0.05) is 6.07 Å². The van der Waals surface area contributed by atoms with Crippen LogP contribution in [0.3, 0.4) is 0 Å². The van der Waals surface area contributed by atoms with Crippen LogP contribution in [0.5, 0.6) is 11.5 Å². The smallest absolute Gasteiger partial charge is 0.350 e. The molecule has 0 aliphatic heterocycles. The number of hydrogen-bond donors (Lipinski definition) is 1. The van der Waals surface area contributed by atoms with Crippen LogP contribution in [0.1, 0.15) is 20.9 Å². The molecule has 0 aliphatic carbocycles. The normalized spacial score (nSPS) is 10.5. The Bertz CT molecular complexity index is 1100. The van der Waals surface area contributed by atoms with Crippen molar-refractivity contribution >= 4 is 23.2 Å². The summed E-state index contributed by atoms with van der Waals surface area (Å²) < 4.78 is 28.7. The van der Waals surface area contributed by atoms with Crippen LogP contribution in [0.4, 0.5) is 4.39 Å². The Balaban J connectivity index is 1.49. The van der Waals surface area contributed by atoms with Crippen molar-refractivity contribution in [1.82, 2.24) is 10.3 Å². The summed E-state index contributed by atoms with van der Waals surface area (Å²) in [4.78, 5) is 29.1. The van der Waals surface area contributed by atoms with Crippen LogP contribution < -0.4 is 14.8 Å². The van der Waals surface area contributed by atoms with Crippen LogP contribution in [0.25, 0.3) is 10.6 Å². The van der Waals surface area contributed by atoms with Crippen LogP contribution >= 0.6 is 11.3 Å². The van der Waals surface area contributed by atoms with Gasteiger partial charge in [-0.15, -0.1) is 11.3 Å². The summed E-state index contributed by atoms with van der Waals surface area (Å²) >= 11 is 1.14. The summed E-state index contributed by atoms with van der Waals surface area (Å²) in [5.41, 5.74) is 2.16. The van der Waals surface area contributed by atoms with Gasteiger partial charge in [0.15, 0.2) is 18.1 Å². The molecule has 0 saturated heterocycles. The Hall–Kier alpha value is -3.46. The summed E-state index contributed by atoms with van der Waals surface area (Å²) in [5.74, 6) is -0.125. The third-order valence-electron chi connectivity index (χ3n) is 4.59. The topological polar surface area (TPSA) is 86.8 Å². The SMILES string of the molecule is COc1ccc(CCNC(=O)COC(=O)c2sc(-c3ccc(F)cc3)nc2C)cc1OC. The molecule has 3 rings (SSSR count). The number of rotatable bonds is 9. The highest BCUT2D eigenvalue weighted by atomic mass is 32.1. The molecule has 1 heterocycles. The number of nitrogens with zero attached hydrogens (tertiary/aromatic N) is 1. The molecular formula is C23H23FN2O5S. The van der Waals surface area contributed by atoms with Gasteiger partial charge in [0.25, 0.3) is 5.91 Å². The van der Waals surface area contributed by atoms with Crippen molar-refractivity contribution in [2.45, 2.75) is 13.3 Å². The van der Waals surface area contributed by atoms with Crippen LogP contribution in [-0.4, -0.2) is 44.2 Å². The minimum absolute atomic E-state index is 0.308. The van der Waals surface area contributed by atoms with Crippen molar-refractivity contribution in [2.75, 3.05) is 27.4 Å². The average molecular weight is 459 g/mol. The molecule has 0 saturated carbocycles. The number of carbonyl (C=O) groups is 2. The lowest BCUT2D eigenvalue weighted by atomic mass is 10.1. The number of ether oxygens (including phenoxy) is 3. The number of halogens is 1. The van der Waals surface area contributed by atoms with Crippen LogP contribution in [0.15, 0.2) is 42.5 Å². The number of carbonyl (C=O) groups excluding carboxylic acids is 2. The molecule has 7 nitrogen and oxygen atoms in total. The molecular weight excluding hydrogens is 435 g/mol. The maximum atomic E-state index is 13.1. The lowest BCUT2D eigenvalue weighted by Crippen LogP contribution is -2.30. The van der Waals surface area contributed by atoms with E-state index in [1.807, 2.05) is 12.1 Å². The van der Waals surface area contributed by atoms with E-state index in [1.165, 1.54) is 12.1 Å². The molecule has 0 fully saturated rings. The van der Waals surface area contributed by atoms with Gasteiger partial charge in [-0.3, -0.25) is 4.79 Å². The number of methoxy groups -OCH3 is 2. The van der Waals surface area contributed by atoms with Crippen molar-refractivity contribution in [3.05, 3.63) is 64.4 Å². The summed E-state index contributed by atoms with van der Waals surface area (Å²) in [7, 11) is 3.13. The van der Waals surface area contributed by atoms with Crippen molar-refractivity contribution in [2.24, 2.45) is 0 Å². The Morgan fingerprint density at radius 2 is 1.78 bits per heavy atom. The fourth-order valence-electron chi connectivity index (χ4n) is 2.93. The molecule has 1 amide bonds. The fraction of sp³-hybridized carbons (Fsp3) is 0.261. The lowest BCUT2D eigenvalue weighted by Gasteiger charge is -2.10. The molecule has 32 heavy (non-hydrogen) atoms. The number of esters is 1. The monoisotopic (exact) mass is 458 g/mol. The summed E-state index contributed by atoms with van der Waals surface area (Å²) in [6.07, 6.45) is 0.578. The van der Waals surface area contributed by atoms with Gasteiger partial charge in [0, 0.05) is 12.1 Å². The number of aryl methyl sites for hydroxylation is 1. The Morgan fingerprint density at radius 3 is 2.47 bits per heavy atom. The van der Waals surface area contributed by atoms with Crippen molar-refractivity contribution in [3.8, 4) is 22.1 Å². The van der Waals surface area contributed by atoms with Gasteiger partial charge in [0.1, 0.15) is 15.7 Å². The van der Waals surface area contributed by atoms with Crippen LogP contribution in [0.2, 0.25) is 0 Å². The van der Waals surface area contributed by atoms with E-state index >= 15 is 0 Å². The molecule has 0 aliphatic rings. The second-order valence-electron chi connectivity index (χ2n) is 6.81. The molecule has 9 heteroatoms. The van der Waals surface area contributed by atoms with Gasteiger partial charge >= 0.3 is 5.97 Å². The molecule has 1 N–H and O–H groups in total. The molecule has 168 valence electrons. The first kappa shape index (κ1) is 23.2. The zero-order chi connectivity index (χ0) is 23.1. The molecule has 1 aromatic heterocycles. The summed E-state index contributed by atoms with van der Waals surface area (Å²) in [6, 6.07) is 11.4. The third kappa shape index (κ3) is 5.82. The van der Waals surface area contributed by atoms with Crippen molar-refractivity contribution < 1.29 is 28.2 Å². The first-order valence-corrected chi connectivity index (χ1v) is 10.6. The Kier molecular flexibility index (Phi) is 7.77. The molecule has 2 aromatic carbocycles. The zero-order valence-electron chi connectivity index (χ0n) is 17.9. The minimum Gasteiger partial charge on any atom is -0.493 e. The molecule has 0 spiro atoms. The van der Waals surface area contributed by atoms with Gasteiger partial charge in [0.2, 0.25) is 0 Å².